The van der Waals surface area contributed by atoms with Crippen molar-refractivity contribution >= 4 is 19.4 Å². The smallest absolute Gasteiger partial charge is 0.225 e. The summed E-state index contributed by atoms with van der Waals surface area (Å²) in [5.41, 5.74) is 0. The highest BCUT2D eigenvalue weighted by molar-refractivity contribution is 7.59. The minimum Gasteiger partial charge on any atom is -0.339 e. The van der Waals surface area contributed by atoms with Gasteiger partial charge in [-0.2, -0.15) is 13.5 Å². The van der Waals surface area contributed by atoms with Crippen molar-refractivity contribution in [3.63, 3.8) is 0 Å². The van der Waals surface area contributed by atoms with Gasteiger partial charge in [0.25, 0.3) is 0 Å². The molecule has 1 aliphatic heterocycles. The van der Waals surface area contributed by atoms with Gasteiger partial charge in [0.2, 0.25) is 5.91 Å². The zero-order valence-electron chi connectivity index (χ0n) is 10.4. The lowest BCUT2D eigenvalue weighted by Crippen LogP contribution is -2.38. The maximum atomic E-state index is 11.9. The molecule has 1 heterocycles. The van der Waals surface area contributed by atoms with Crippen LogP contribution in [0.5, 0.6) is 0 Å². The van der Waals surface area contributed by atoms with Gasteiger partial charge in [-0.05, 0) is 25.2 Å². The summed E-state index contributed by atoms with van der Waals surface area (Å²) in [6, 6.07) is 0.518. The fourth-order valence-electron chi connectivity index (χ4n) is 2.25. The molecule has 15 heavy (non-hydrogen) atoms. The van der Waals surface area contributed by atoms with Crippen LogP contribution in [-0.4, -0.2) is 23.4 Å². The Balaban J connectivity index is 0.00000196. The fourth-order valence-corrected chi connectivity index (χ4v) is 2.25. The molecule has 2 nitrogen and oxygen atoms in total. The Morgan fingerprint density at radius 2 is 1.93 bits per heavy atom. The highest BCUT2D eigenvalue weighted by atomic mass is 32.1. The van der Waals surface area contributed by atoms with Crippen molar-refractivity contribution in [2.24, 2.45) is 11.8 Å². The van der Waals surface area contributed by atoms with Crippen LogP contribution < -0.4 is 0 Å². The van der Waals surface area contributed by atoms with E-state index in [0.29, 0.717) is 17.9 Å². The second kappa shape index (κ2) is 6.41. The Hall–Kier alpha value is -0.180. The van der Waals surface area contributed by atoms with Crippen molar-refractivity contribution < 1.29 is 4.79 Å². The molecule has 3 heteroatoms. The van der Waals surface area contributed by atoms with Crippen LogP contribution in [0.3, 0.4) is 0 Å². The van der Waals surface area contributed by atoms with E-state index in [2.05, 4.69) is 18.7 Å². The van der Waals surface area contributed by atoms with Gasteiger partial charge in [-0.1, -0.05) is 27.7 Å². The average molecular weight is 231 g/mol. The molecule has 1 aliphatic rings. The zero-order chi connectivity index (χ0) is 10.7. The maximum Gasteiger partial charge on any atom is 0.225 e. The van der Waals surface area contributed by atoms with E-state index in [1.54, 1.807) is 0 Å². The molecule has 1 atom stereocenters. The summed E-state index contributed by atoms with van der Waals surface area (Å²) in [4.78, 5) is 14.0. The van der Waals surface area contributed by atoms with E-state index in [0.717, 1.165) is 6.54 Å². The van der Waals surface area contributed by atoms with E-state index >= 15 is 0 Å². The van der Waals surface area contributed by atoms with Crippen LogP contribution in [0.1, 0.15) is 47.0 Å². The number of rotatable bonds is 3. The zero-order valence-corrected chi connectivity index (χ0v) is 11.4. The Bertz CT molecular complexity index is 204. The first-order valence-electron chi connectivity index (χ1n) is 5.82. The van der Waals surface area contributed by atoms with Crippen molar-refractivity contribution in [2.45, 2.75) is 53.0 Å². The first-order chi connectivity index (χ1) is 6.52. The molecule has 1 fully saturated rings. The normalized spacial score (nSPS) is 20.9. The monoisotopic (exact) mass is 231 g/mol. The molecule has 1 saturated heterocycles. The quantitative estimate of drug-likeness (QED) is 0.731. The number of carbonyl (C=O) groups is 1. The molecule has 1 unspecified atom stereocenters. The Kier molecular flexibility index (Phi) is 6.34. The molecule has 1 rings (SSSR count). The van der Waals surface area contributed by atoms with Crippen LogP contribution in [-0.2, 0) is 4.79 Å². The van der Waals surface area contributed by atoms with E-state index < -0.39 is 0 Å². The predicted molar refractivity (Wildman–Crippen MR) is 69.4 cm³/mol. The molecule has 0 aromatic carbocycles. The molecular weight excluding hydrogens is 206 g/mol. The van der Waals surface area contributed by atoms with E-state index in [-0.39, 0.29) is 19.4 Å². The summed E-state index contributed by atoms with van der Waals surface area (Å²) in [6.07, 6.45) is 3.56. The maximum absolute atomic E-state index is 11.9. The van der Waals surface area contributed by atoms with Crippen molar-refractivity contribution in [1.82, 2.24) is 4.90 Å². The summed E-state index contributed by atoms with van der Waals surface area (Å²) in [7, 11) is 0. The first kappa shape index (κ1) is 14.8. The molecule has 0 aromatic heterocycles. The number of carbonyl (C=O) groups excluding carboxylic acids is 1. The number of hydrogen-bond acceptors (Lipinski definition) is 1. The van der Waals surface area contributed by atoms with Crippen LogP contribution in [0.4, 0.5) is 0 Å². The van der Waals surface area contributed by atoms with Crippen molar-refractivity contribution in [1.29, 1.82) is 0 Å². The molecule has 0 radical (unpaired) electrons. The van der Waals surface area contributed by atoms with Crippen LogP contribution >= 0.6 is 13.5 Å². The lowest BCUT2D eigenvalue weighted by atomic mass is 10.0. The second-order valence-electron chi connectivity index (χ2n) is 5.11. The van der Waals surface area contributed by atoms with Gasteiger partial charge < -0.3 is 4.90 Å². The summed E-state index contributed by atoms with van der Waals surface area (Å²) in [5, 5.41) is 0. The minimum atomic E-state index is 0. The molecular formula is C12H25NOS. The number of hydrogen-bond donors (Lipinski definition) is 0. The molecule has 0 saturated carbocycles. The Morgan fingerprint density at radius 3 is 2.40 bits per heavy atom. The van der Waals surface area contributed by atoms with Gasteiger partial charge in [0.05, 0.1) is 0 Å². The van der Waals surface area contributed by atoms with Crippen LogP contribution in [0, 0.1) is 11.8 Å². The minimum absolute atomic E-state index is 0. The summed E-state index contributed by atoms with van der Waals surface area (Å²) < 4.78 is 0. The van der Waals surface area contributed by atoms with Crippen LogP contribution in [0.2, 0.25) is 0 Å². The Labute approximate surface area is 101 Å². The topological polar surface area (TPSA) is 20.3 Å². The number of nitrogens with zero attached hydrogens (tertiary/aromatic N) is 1. The van der Waals surface area contributed by atoms with Crippen LogP contribution in [0.15, 0.2) is 0 Å². The number of amides is 1. The van der Waals surface area contributed by atoms with Gasteiger partial charge in [-0.15, -0.1) is 0 Å². The van der Waals surface area contributed by atoms with E-state index in [1.807, 2.05) is 13.8 Å². The summed E-state index contributed by atoms with van der Waals surface area (Å²) >= 11 is 0. The lowest BCUT2D eigenvalue weighted by Gasteiger charge is -2.27. The SMILES string of the molecule is CC(C)CC1CCCN1C(=O)C(C)C.S. The summed E-state index contributed by atoms with van der Waals surface area (Å²) in [5.74, 6) is 1.19. The van der Waals surface area contributed by atoms with E-state index in [9.17, 15) is 4.79 Å². The van der Waals surface area contributed by atoms with Crippen molar-refractivity contribution in [3.8, 4) is 0 Å². The van der Waals surface area contributed by atoms with Gasteiger partial charge >= 0.3 is 0 Å². The predicted octanol–water partition coefficient (Wildman–Crippen LogP) is 2.79. The molecule has 0 spiro atoms. The average Bonchev–Trinajstić information content (AvgIpc) is 2.49. The highest BCUT2D eigenvalue weighted by Crippen LogP contribution is 2.24. The highest BCUT2D eigenvalue weighted by Gasteiger charge is 2.29. The van der Waals surface area contributed by atoms with Gasteiger partial charge in [0.15, 0.2) is 0 Å². The third-order valence-corrected chi connectivity index (χ3v) is 2.90. The largest absolute Gasteiger partial charge is 0.339 e. The van der Waals surface area contributed by atoms with Gasteiger partial charge in [0.1, 0.15) is 0 Å². The van der Waals surface area contributed by atoms with Crippen molar-refractivity contribution in [2.75, 3.05) is 6.54 Å². The lowest BCUT2D eigenvalue weighted by molar-refractivity contribution is -0.135. The first-order valence-corrected chi connectivity index (χ1v) is 5.82. The molecule has 0 aromatic rings. The van der Waals surface area contributed by atoms with Gasteiger partial charge in [-0.3, -0.25) is 4.79 Å². The second-order valence-corrected chi connectivity index (χ2v) is 5.11. The van der Waals surface area contributed by atoms with E-state index in [1.165, 1.54) is 19.3 Å². The molecule has 1 amide bonds. The summed E-state index contributed by atoms with van der Waals surface area (Å²) in [6.45, 7) is 9.43. The number of likely N-dealkylation sites (tertiary alicyclic amines) is 1. The third kappa shape index (κ3) is 4.06. The van der Waals surface area contributed by atoms with E-state index in [4.69, 9.17) is 0 Å². The molecule has 0 N–H and O–H groups in total. The van der Waals surface area contributed by atoms with Gasteiger partial charge in [-0.25, -0.2) is 0 Å². The van der Waals surface area contributed by atoms with Crippen LogP contribution in [0.25, 0.3) is 0 Å². The standard InChI is InChI=1S/C12H23NO.H2S/c1-9(2)8-11-6-5-7-13(11)12(14)10(3)4;/h9-11H,5-8H2,1-4H3;1H2. The Morgan fingerprint density at radius 1 is 1.33 bits per heavy atom. The fraction of sp³-hybridized carbons (Fsp3) is 0.917. The third-order valence-electron chi connectivity index (χ3n) is 2.90. The molecule has 0 bridgehead atoms. The molecule has 0 aliphatic carbocycles. The van der Waals surface area contributed by atoms with Crippen molar-refractivity contribution in [3.05, 3.63) is 0 Å². The molecule has 90 valence electrons. The van der Waals surface area contributed by atoms with Gasteiger partial charge in [0, 0.05) is 18.5 Å².